The first kappa shape index (κ1) is 17.0. The second kappa shape index (κ2) is 7.39. The summed E-state index contributed by atoms with van der Waals surface area (Å²) < 4.78 is 31.7. The first-order valence-electron chi connectivity index (χ1n) is 7.40. The molecule has 3 rings (SSSR count). The van der Waals surface area contributed by atoms with Crippen LogP contribution in [0.2, 0.25) is 0 Å². The molecule has 0 amide bonds. The third kappa shape index (κ3) is 3.82. The zero-order chi connectivity index (χ0) is 17.7. The molecule has 11 heteroatoms. The molecule has 0 atom stereocenters. The van der Waals surface area contributed by atoms with Crippen LogP contribution in [0, 0.1) is 11.3 Å². The number of aromatic amines is 1. The van der Waals surface area contributed by atoms with E-state index < -0.39 is 10.0 Å². The summed E-state index contributed by atoms with van der Waals surface area (Å²) in [6, 6.07) is 8.22. The number of rotatable bonds is 5. The number of anilines is 1. The second-order valence-electron chi connectivity index (χ2n) is 5.09. The number of ether oxygens (including phenoxy) is 1. The lowest BCUT2D eigenvalue weighted by Gasteiger charge is -2.26. The maximum atomic E-state index is 12.5. The number of tetrazole rings is 1. The molecule has 1 aromatic heterocycles. The van der Waals surface area contributed by atoms with E-state index in [1.54, 1.807) is 12.1 Å². The predicted octanol–water partition coefficient (Wildman–Crippen LogP) is 0.197. The number of sulfonamides is 1. The van der Waals surface area contributed by atoms with Gasteiger partial charge in [0.25, 0.3) is 0 Å². The van der Waals surface area contributed by atoms with Crippen molar-refractivity contribution in [2.75, 3.05) is 31.6 Å². The highest BCUT2D eigenvalue weighted by Gasteiger charge is 2.25. The van der Waals surface area contributed by atoms with Gasteiger partial charge in [0.05, 0.1) is 18.1 Å². The van der Waals surface area contributed by atoms with E-state index in [0.717, 1.165) is 0 Å². The molecule has 0 bridgehead atoms. The number of benzene rings is 1. The molecule has 0 saturated carbocycles. The molecule has 130 valence electrons. The molecule has 2 heterocycles. The molecule has 2 aromatic rings. The summed E-state index contributed by atoms with van der Waals surface area (Å²) in [4.78, 5) is 0.211. The summed E-state index contributed by atoms with van der Waals surface area (Å²) in [6.45, 7) is 1.50. The smallest absolute Gasteiger partial charge is 0.243 e. The fraction of sp³-hybridized carbons (Fsp3) is 0.286. The Hall–Kier alpha value is -2.81. The van der Waals surface area contributed by atoms with E-state index in [0.29, 0.717) is 32.0 Å². The van der Waals surface area contributed by atoms with Crippen LogP contribution >= 0.6 is 0 Å². The van der Waals surface area contributed by atoms with E-state index >= 15 is 0 Å². The van der Waals surface area contributed by atoms with Crippen molar-refractivity contribution < 1.29 is 13.2 Å². The van der Waals surface area contributed by atoms with Crippen LogP contribution in [0.25, 0.3) is 5.57 Å². The minimum absolute atomic E-state index is 0.168. The number of hydrogen-bond acceptors (Lipinski definition) is 8. The molecular formula is C14H15N7O3S. The average molecular weight is 361 g/mol. The third-order valence-electron chi connectivity index (χ3n) is 3.55. The van der Waals surface area contributed by atoms with Gasteiger partial charge in [-0.1, -0.05) is 0 Å². The highest BCUT2D eigenvalue weighted by Crippen LogP contribution is 2.20. The number of nitrogens with one attached hydrogen (secondary N) is 2. The van der Waals surface area contributed by atoms with E-state index in [2.05, 4.69) is 25.9 Å². The van der Waals surface area contributed by atoms with Crippen LogP contribution in [-0.4, -0.2) is 59.7 Å². The summed E-state index contributed by atoms with van der Waals surface area (Å²) in [5.74, 6) is 0.168. The molecule has 0 spiro atoms. The van der Waals surface area contributed by atoms with Crippen LogP contribution in [-0.2, 0) is 14.8 Å². The minimum Gasteiger partial charge on any atom is -0.379 e. The molecule has 0 radical (unpaired) electrons. The molecule has 2 N–H and O–H groups in total. The highest BCUT2D eigenvalue weighted by molar-refractivity contribution is 7.89. The summed E-state index contributed by atoms with van der Waals surface area (Å²) >= 11 is 0. The monoisotopic (exact) mass is 361 g/mol. The van der Waals surface area contributed by atoms with E-state index in [1.807, 2.05) is 6.07 Å². The number of aromatic nitrogens is 4. The van der Waals surface area contributed by atoms with Crippen molar-refractivity contribution in [3.63, 3.8) is 0 Å². The molecule has 0 unspecified atom stereocenters. The van der Waals surface area contributed by atoms with Crippen molar-refractivity contribution in [3.8, 4) is 6.07 Å². The molecule has 10 nitrogen and oxygen atoms in total. The van der Waals surface area contributed by atoms with Crippen molar-refractivity contribution in [2.45, 2.75) is 4.90 Å². The quantitative estimate of drug-likeness (QED) is 0.720. The lowest BCUT2D eigenvalue weighted by molar-refractivity contribution is 0.0730. The zero-order valence-electron chi connectivity index (χ0n) is 13.1. The maximum Gasteiger partial charge on any atom is 0.243 e. The number of nitriles is 1. The lowest BCUT2D eigenvalue weighted by atomic mass is 10.3. The van der Waals surface area contributed by atoms with Crippen LogP contribution < -0.4 is 5.32 Å². The number of allylic oxidation sites excluding steroid dienone is 1. The first-order valence-corrected chi connectivity index (χ1v) is 8.84. The van der Waals surface area contributed by atoms with Crippen LogP contribution in [0.3, 0.4) is 0 Å². The average Bonchev–Trinajstić information content (AvgIpc) is 3.18. The van der Waals surface area contributed by atoms with Gasteiger partial charge < -0.3 is 10.1 Å². The Bertz CT molecular complexity index is 880. The fourth-order valence-electron chi connectivity index (χ4n) is 2.24. The molecule has 1 aromatic carbocycles. The topological polar surface area (TPSA) is 137 Å². The zero-order valence-corrected chi connectivity index (χ0v) is 13.9. The van der Waals surface area contributed by atoms with Gasteiger partial charge in [0.1, 0.15) is 11.6 Å². The minimum atomic E-state index is -3.52. The Labute approximate surface area is 144 Å². The standard InChI is InChI=1S/C14H15N7O3S/c15-9-11(14-17-19-20-18-14)10-16-12-1-3-13(4-2-12)25(22,23)21-5-7-24-8-6-21/h1-4,10,16H,5-8H2,(H,17,18,19,20). The van der Waals surface area contributed by atoms with Crippen LogP contribution in [0.15, 0.2) is 35.4 Å². The van der Waals surface area contributed by atoms with Crippen LogP contribution in [0.4, 0.5) is 5.69 Å². The van der Waals surface area contributed by atoms with Gasteiger partial charge in [-0.3, -0.25) is 0 Å². The largest absolute Gasteiger partial charge is 0.379 e. The van der Waals surface area contributed by atoms with E-state index in [4.69, 9.17) is 10.00 Å². The van der Waals surface area contributed by atoms with Crippen molar-refractivity contribution >= 4 is 21.3 Å². The molecule has 1 saturated heterocycles. The molecule has 1 aliphatic heterocycles. The normalized spacial score (nSPS) is 16.4. The second-order valence-corrected chi connectivity index (χ2v) is 7.03. The summed E-state index contributed by atoms with van der Waals surface area (Å²) in [5, 5.41) is 25.1. The van der Waals surface area contributed by atoms with Gasteiger partial charge >= 0.3 is 0 Å². The number of H-pyrrole nitrogens is 1. The Kier molecular flexibility index (Phi) is 5.03. The van der Waals surface area contributed by atoms with Gasteiger partial charge in [-0.05, 0) is 29.5 Å². The molecule has 25 heavy (non-hydrogen) atoms. The third-order valence-corrected chi connectivity index (χ3v) is 5.46. The molecule has 1 aliphatic rings. The van der Waals surface area contributed by atoms with Gasteiger partial charge in [0.15, 0.2) is 0 Å². The predicted molar refractivity (Wildman–Crippen MR) is 87.4 cm³/mol. The highest BCUT2D eigenvalue weighted by atomic mass is 32.2. The molecule has 1 fully saturated rings. The molecule has 0 aliphatic carbocycles. The summed E-state index contributed by atoms with van der Waals surface area (Å²) in [6.07, 6.45) is 1.43. The van der Waals surface area contributed by atoms with Gasteiger partial charge in [-0.15, -0.1) is 10.2 Å². The van der Waals surface area contributed by atoms with Gasteiger partial charge in [0.2, 0.25) is 15.8 Å². The Morgan fingerprint density at radius 1 is 1.32 bits per heavy atom. The Morgan fingerprint density at radius 3 is 2.64 bits per heavy atom. The summed E-state index contributed by atoms with van der Waals surface area (Å²) in [7, 11) is -3.52. The van der Waals surface area contributed by atoms with Crippen molar-refractivity contribution in [2.24, 2.45) is 0 Å². The number of morpholine rings is 1. The van der Waals surface area contributed by atoms with E-state index in [1.165, 1.54) is 22.6 Å². The van der Waals surface area contributed by atoms with Crippen LogP contribution in [0.1, 0.15) is 5.82 Å². The number of hydrogen-bond donors (Lipinski definition) is 2. The Morgan fingerprint density at radius 2 is 2.04 bits per heavy atom. The Balaban J connectivity index is 1.73. The number of nitrogens with zero attached hydrogens (tertiary/aromatic N) is 5. The fourth-order valence-corrected chi connectivity index (χ4v) is 3.65. The lowest BCUT2D eigenvalue weighted by Crippen LogP contribution is -2.40. The maximum absolute atomic E-state index is 12.5. The van der Waals surface area contributed by atoms with Crippen molar-refractivity contribution in [1.82, 2.24) is 24.9 Å². The first-order chi connectivity index (χ1) is 12.1. The van der Waals surface area contributed by atoms with E-state index in [9.17, 15) is 8.42 Å². The van der Waals surface area contributed by atoms with Gasteiger partial charge in [-0.2, -0.15) is 14.8 Å². The molecular weight excluding hydrogens is 346 g/mol. The van der Waals surface area contributed by atoms with Crippen LogP contribution in [0.5, 0.6) is 0 Å². The van der Waals surface area contributed by atoms with E-state index in [-0.39, 0.29) is 16.3 Å². The van der Waals surface area contributed by atoms with Gasteiger partial charge in [0, 0.05) is 25.0 Å². The van der Waals surface area contributed by atoms with Gasteiger partial charge in [-0.25, -0.2) is 8.42 Å². The van der Waals surface area contributed by atoms with Crippen molar-refractivity contribution in [1.29, 1.82) is 5.26 Å². The van der Waals surface area contributed by atoms with Crippen molar-refractivity contribution in [3.05, 3.63) is 36.3 Å². The SMILES string of the molecule is N#CC(=CNc1ccc(S(=O)(=O)N2CCOCC2)cc1)c1nn[nH]n1. The summed E-state index contributed by atoms with van der Waals surface area (Å²) in [5.41, 5.74) is 0.816.